The van der Waals surface area contributed by atoms with Crippen LogP contribution in [0.5, 0.6) is 0 Å². The molecule has 66 valence electrons. The number of ether oxygens (including phenoxy) is 1. The van der Waals surface area contributed by atoms with Crippen molar-refractivity contribution in [2.75, 3.05) is 33.1 Å². The molecule has 12 heavy (non-hydrogen) atoms. The summed E-state index contributed by atoms with van der Waals surface area (Å²) in [6.45, 7) is 4.74. The van der Waals surface area contributed by atoms with Crippen LogP contribution in [0.15, 0.2) is 24.4 Å². The maximum Gasteiger partial charge on any atom is 0.101 e. The molecule has 0 aromatic rings. The summed E-state index contributed by atoms with van der Waals surface area (Å²) in [5, 5.41) is 0. The predicted octanol–water partition coefficient (Wildman–Crippen LogP) is 0.619. The van der Waals surface area contributed by atoms with E-state index in [1.165, 1.54) is 0 Å². The van der Waals surface area contributed by atoms with Crippen LogP contribution in [0.3, 0.4) is 0 Å². The fraction of sp³-hybridized carbons (Fsp3) is 0.556. The fourth-order valence-corrected chi connectivity index (χ4v) is 1.43. The third-order valence-electron chi connectivity index (χ3n) is 2.09. The summed E-state index contributed by atoms with van der Waals surface area (Å²) < 4.78 is 5.26. The summed E-state index contributed by atoms with van der Waals surface area (Å²) in [6.07, 6.45) is 8.44. The van der Waals surface area contributed by atoms with E-state index in [9.17, 15) is 0 Å². The standard InChI is InChI=1S/C9H14N2O/c1-2-4-10(5-3-1)8-11-6-7-12-9-11/h1-4H,5-9H2. The minimum Gasteiger partial charge on any atom is -0.365 e. The minimum atomic E-state index is 0.786. The van der Waals surface area contributed by atoms with Crippen LogP contribution in [0.25, 0.3) is 0 Å². The van der Waals surface area contributed by atoms with E-state index in [1.807, 2.05) is 0 Å². The summed E-state index contributed by atoms with van der Waals surface area (Å²) in [5.41, 5.74) is 0. The number of rotatable bonds is 2. The number of nitrogens with zero attached hydrogens (tertiary/aromatic N) is 2. The molecule has 0 radical (unpaired) electrons. The van der Waals surface area contributed by atoms with Crippen molar-refractivity contribution in [2.24, 2.45) is 0 Å². The molecule has 1 saturated heterocycles. The van der Waals surface area contributed by atoms with Crippen molar-refractivity contribution in [3.05, 3.63) is 24.4 Å². The fourth-order valence-electron chi connectivity index (χ4n) is 1.43. The average Bonchev–Trinajstić information content (AvgIpc) is 2.59. The first-order valence-corrected chi connectivity index (χ1v) is 4.32. The molecule has 3 nitrogen and oxygen atoms in total. The Morgan fingerprint density at radius 1 is 1.33 bits per heavy atom. The lowest BCUT2D eigenvalue weighted by atomic mass is 10.4. The van der Waals surface area contributed by atoms with Crippen LogP contribution in [0.1, 0.15) is 0 Å². The Morgan fingerprint density at radius 2 is 2.33 bits per heavy atom. The van der Waals surface area contributed by atoms with E-state index in [1.54, 1.807) is 0 Å². The van der Waals surface area contributed by atoms with Crippen molar-refractivity contribution in [1.82, 2.24) is 9.80 Å². The molecule has 2 heterocycles. The molecule has 0 spiro atoms. The molecule has 2 aliphatic rings. The van der Waals surface area contributed by atoms with E-state index in [2.05, 4.69) is 34.2 Å². The Hall–Kier alpha value is -0.800. The number of hydrogen-bond acceptors (Lipinski definition) is 3. The molecule has 2 rings (SSSR count). The second-order valence-corrected chi connectivity index (χ2v) is 3.11. The molecular weight excluding hydrogens is 152 g/mol. The maximum absolute atomic E-state index is 5.26. The van der Waals surface area contributed by atoms with Crippen molar-refractivity contribution in [3.8, 4) is 0 Å². The van der Waals surface area contributed by atoms with E-state index in [0.717, 1.165) is 33.1 Å². The van der Waals surface area contributed by atoms with E-state index < -0.39 is 0 Å². The topological polar surface area (TPSA) is 15.7 Å². The highest BCUT2D eigenvalue weighted by Gasteiger charge is 2.13. The van der Waals surface area contributed by atoms with Crippen LogP contribution >= 0.6 is 0 Å². The van der Waals surface area contributed by atoms with Crippen LogP contribution in [0.4, 0.5) is 0 Å². The Balaban J connectivity index is 1.78. The lowest BCUT2D eigenvalue weighted by Crippen LogP contribution is -2.34. The van der Waals surface area contributed by atoms with E-state index in [4.69, 9.17) is 4.74 Å². The number of allylic oxidation sites excluding steroid dienone is 2. The van der Waals surface area contributed by atoms with Gasteiger partial charge in [-0.05, 0) is 6.08 Å². The molecular formula is C9H14N2O. The zero-order valence-corrected chi connectivity index (χ0v) is 7.15. The summed E-state index contributed by atoms with van der Waals surface area (Å²) in [4.78, 5) is 4.57. The number of hydrogen-bond donors (Lipinski definition) is 0. The smallest absolute Gasteiger partial charge is 0.101 e. The van der Waals surface area contributed by atoms with Gasteiger partial charge < -0.3 is 9.64 Å². The second-order valence-electron chi connectivity index (χ2n) is 3.11. The van der Waals surface area contributed by atoms with Gasteiger partial charge in [-0.3, -0.25) is 4.90 Å². The minimum absolute atomic E-state index is 0.786. The third-order valence-corrected chi connectivity index (χ3v) is 2.09. The first kappa shape index (κ1) is 7.83. The molecule has 0 saturated carbocycles. The summed E-state index contributed by atoms with van der Waals surface area (Å²) >= 11 is 0. The molecule has 0 amide bonds. The summed E-state index contributed by atoms with van der Waals surface area (Å²) in [6, 6.07) is 0. The molecule has 0 aromatic carbocycles. The van der Waals surface area contributed by atoms with E-state index in [0.29, 0.717) is 0 Å². The highest BCUT2D eigenvalue weighted by Crippen LogP contribution is 2.04. The zero-order valence-electron chi connectivity index (χ0n) is 7.15. The molecule has 2 aliphatic heterocycles. The van der Waals surface area contributed by atoms with Gasteiger partial charge in [0.05, 0.1) is 13.3 Å². The molecule has 0 bridgehead atoms. The molecule has 0 N–H and O–H groups in total. The van der Waals surface area contributed by atoms with Crippen LogP contribution in [0, 0.1) is 0 Å². The van der Waals surface area contributed by atoms with Gasteiger partial charge in [-0.15, -0.1) is 0 Å². The van der Waals surface area contributed by atoms with Crippen LogP contribution in [0.2, 0.25) is 0 Å². The zero-order chi connectivity index (χ0) is 8.23. The highest BCUT2D eigenvalue weighted by atomic mass is 16.5. The van der Waals surface area contributed by atoms with Crippen molar-refractivity contribution < 1.29 is 4.74 Å². The van der Waals surface area contributed by atoms with Gasteiger partial charge in [0.1, 0.15) is 6.73 Å². The van der Waals surface area contributed by atoms with Crippen molar-refractivity contribution in [3.63, 3.8) is 0 Å². The quantitative estimate of drug-likeness (QED) is 0.598. The molecule has 1 fully saturated rings. The van der Waals surface area contributed by atoms with Gasteiger partial charge in [0, 0.05) is 19.3 Å². The predicted molar refractivity (Wildman–Crippen MR) is 47.4 cm³/mol. The normalized spacial score (nSPS) is 23.8. The van der Waals surface area contributed by atoms with Crippen molar-refractivity contribution in [1.29, 1.82) is 0 Å². The largest absolute Gasteiger partial charge is 0.365 e. The van der Waals surface area contributed by atoms with Gasteiger partial charge in [-0.1, -0.05) is 12.2 Å². The summed E-state index contributed by atoms with van der Waals surface area (Å²) in [7, 11) is 0. The van der Waals surface area contributed by atoms with Gasteiger partial charge in [-0.25, -0.2) is 0 Å². The lowest BCUT2D eigenvalue weighted by molar-refractivity contribution is 0.112. The van der Waals surface area contributed by atoms with Gasteiger partial charge in [-0.2, -0.15) is 0 Å². The van der Waals surface area contributed by atoms with Gasteiger partial charge in [0.2, 0.25) is 0 Å². The molecule has 0 atom stereocenters. The molecule has 0 aromatic heterocycles. The van der Waals surface area contributed by atoms with Crippen LogP contribution < -0.4 is 0 Å². The Bertz CT molecular complexity index is 195. The monoisotopic (exact) mass is 166 g/mol. The Labute approximate surface area is 72.9 Å². The average molecular weight is 166 g/mol. The maximum atomic E-state index is 5.26. The lowest BCUT2D eigenvalue weighted by Gasteiger charge is -2.25. The first-order valence-electron chi connectivity index (χ1n) is 4.32. The highest BCUT2D eigenvalue weighted by molar-refractivity contribution is 5.08. The van der Waals surface area contributed by atoms with Crippen LogP contribution in [-0.2, 0) is 4.74 Å². The summed E-state index contributed by atoms with van der Waals surface area (Å²) in [5.74, 6) is 0. The van der Waals surface area contributed by atoms with Crippen LogP contribution in [-0.4, -0.2) is 42.9 Å². The molecule has 0 aliphatic carbocycles. The Morgan fingerprint density at radius 3 is 3.00 bits per heavy atom. The molecule has 3 heteroatoms. The van der Waals surface area contributed by atoms with Crippen molar-refractivity contribution >= 4 is 0 Å². The van der Waals surface area contributed by atoms with Gasteiger partial charge in [0.15, 0.2) is 0 Å². The van der Waals surface area contributed by atoms with Gasteiger partial charge >= 0.3 is 0 Å². The molecule has 0 unspecified atom stereocenters. The van der Waals surface area contributed by atoms with Crippen molar-refractivity contribution in [2.45, 2.75) is 0 Å². The Kier molecular flexibility index (Phi) is 2.44. The SMILES string of the molecule is C1=CCN(CN2CCOC2)C=C1. The third kappa shape index (κ3) is 1.87. The van der Waals surface area contributed by atoms with E-state index >= 15 is 0 Å². The first-order chi connectivity index (χ1) is 5.95. The second kappa shape index (κ2) is 3.74. The van der Waals surface area contributed by atoms with Gasteiger partial charge in [0.25, 0.3) is 0 Å². The van der Waals surface area contributed by atoms with E-state index in [-0.39, 0.29) is 0 Å².